The normalized spacial score (nSPS) is 10.3. The van der Waals surface area contributed by atoms with Gasteiger partial charge in [0, 0.05) is 11.9 Å². The maximum absolute atomic E-state index is 13.1. The Labute approximate surface area is 114 Å². The molecule has 19 heavy (non-hydrogen) atoms. The van der Waals surface area contributed by atoms with Crippen LogP contribution in [-0.2, 0) is 0 Å². The molecule has 6 heteroatoms. The molecule has 0 spiro atoms. The zero-order valence-corrected chi connectivity index (χ0v) is 10.8. The lowest BCUT2D eigenvalue weighted by atomic mass is 10.2. The molecule has 4 nitrogen and oxygen atoms in total. The summed E-state index contributed by atoms with van der Waals surface area (Å²) in [6, 6.07) is 5.74. The maximum Gasteiger partial charge on any atom is 0.257 e. The number of rotatable bonds is 2. The number of amides is 1. The molecular formula is C13H11ClFN3O. The molecule has 0 aliphatic carbocycles. The van der Waals surface area contributed by atoms with Crippen LogP contribution in [0.5, 0.6) is 0 Å². The van der Waals surface area contributed by atoms with E-state index in [1.165, 1.54) is 24.4 Å². The van der Waals surface area contributed by atoms with Gasteiger partial charge in [-0.25, -0.2) is 9.37 Å². The molecule has 0 saturated carbocycles. The average molecular weight is 280 g/mol. The van der Waals surface area contributed by atoms with E-state index in [2.05, 4.69) is 10.3 Å². The number of benzene rings is 1. The largest absolute Gasteiger partial charge is 0.382 e. The molecule has 98 valence electrons. The number of nitrogens with zero attached hydrogens (tertiary/aromatic N) is 1. The Morgan fingerprint density at radius 1 is 1.42 bits per heavy atom. The second-order valence-corrected chi connectivity index (χ2v) is 4.42. The first-order valence-electron chi connectivity index (χ1n) is 5.46. The van der Waals surface area contributed by atoms with Crippen LogP contribution in [0.1, 0.15) is 15.9 Å². The molecule has 0 radical (unpaired) electrons. The zero-order valence-electron chi connectivity index (χ0n) is 10.1. The highest BCUT2D eigenvalue weighted by Crippen LogP contribution is 2.18. The van der Waals surface area contributed by atoms with Crippen molar-refractivity contribution in [1.82, 2.24) is 4.98 Å². The summed E-state index contributed by atoms with van der Waals surface area (Å²) in [5, 5.41) is 2.84. The average Bonchev–Trinajstić information content (AvgIpc) is 2.37. The molecule has 0 saturated heterocycles. The summed E-state index contributed by atoms with van der Waals surface area (Å²) in [6.07, 6.45) is 1.33. The van der Waals surface area contributed by atoms with E-state index in [9.17, 15) is 9.18 Å². The van der Waals surface area contributed by atoms with Gasteiger partial charge >= 0.3 is 0 Å². The number of halogens is 2. The Kier molecular flexibility index (Phi) is 3.66. The SMILES string of the molecule is Cc1cc(NC(=O)c2cnc(N)c(Cl)c2)ccc1F. The third kappa shape index (κ3) is 3.00. The molecule has 0 aliphatic rings. The van der Waals surface area contributed by atoms with Gasteiger partial charge in [-0.05, 0) is 36.8 Å². The van der Waals surface area contributed by atoms with Gasteiger partial charge < -0.3 is 11.1 Å². The highest BCUT2D eigenvalue weighted by molar-refractivity contribution is 6.33. The monoisotopic (exact) mass is 279 g/mol. The molecule has 0 fully saturated rings. The zero-order chi connectivity index (χ0) is 14.0. The minimum absolute atomic E-state index is 0.163. The van der Waals surface area contributed by atoms with Gasteiger partial charge in [-0.3, -0.25) is 4.79 Å². The number of carbonyl (C=O) groups is 1. The van der Waals surface area contributed by atoms with E-state index in [0.29, 0.717) is 11.3 Å². The standard InChI is InChI=1S/C13H11ClFN3O/c1-7-4-9(2-3-11(7)15)18-13(19)8-5-10(14)12(16)17-6-8/h2-6H,1H3,(H2,16,17)(H,18,19). The Morgan fingerprint density at radius 3 is 2.79 bits per heavy atom. The maximum atomic E-state index is 13.1. The van der Waals surface area contributed by atoms with Crippen molar-refractivity contribution in [3.05, 3.63) is 52.4 Å². The van der Waals surface area contributed by atoms with Crippen molar-refractivity contribution in [3.8, 4) is 0 Å². The number of nitrogen functional groups attached to an aromatic ring is 1. The van der Waals surface area contributed by atoms with Crippen LogP contribution in [0.3, 0.4) is 0 Å². The molecule has 1 heterocycles. The molecule has 1 aromatic heterocycles. The summed E-state index contributed by atoms with van der Waals surface area (Å²) < 4.78 is 13.1. The van der Waals surface area contributed by atoms with Crippen molar-refractivity contribution in [3.63, 3.8) is 0 Å². The van der Waals surface area contributed by atoms with Gasteiger partial charge in [0.15, 0.2) is 0 Å². The van der Waals surface area contributed by atoms with E-state index in [-0.39, 0.29) is 28.1 Å². The lowest BCUT2D eigenvalue weighted by molar-refractivity contribution is 0.102. The van der Waals surface area contributed by atoms with Gasteiger partial charge in [0.1, 0.15) is 11.6 Å². The van der Waals surface area contributed by atoms with Crippen molar-refractivity contribution < 1.29 is 9.18 Å². The van der Waals surface area contributed by atoms with E-state index in [4.69, 9.17) is 17.3 Å². The molecule has 0 aliphatic heterocycles. The Bertz CT molecular complexity index is 646. The lowest BCUT2D eigenvalue weighted by Gasteiger charge is -2.07. The smallest absolute Gasteiger partial charge is 0.257 e. The summed E-state index contributed by atoms with van der Waals surface area (Å²) in [4.78, 5) is 15.7. The van der Waals surface area contributed by atoms with E-state index < -0.39 is 0 Å². The van der Waals surface area contributed by atoms with Crippen molar-refractivity contribution in [2.75, 3.05) is 11.1 Å². The van der Waals surface area contributed by atoms with E-state index in [1.807, 2.05) is 0 Å². The fourth-order valence-corrected chi connectivity index (χ4v) is 1.66. The number of hydrogen-bond acceptors (Lipinski definition) is 3. The summed E-state index contributed by atoms with van der Waals surface area (Å²) in [5.74, 6) is -0.550. The van der Waals surface area contributed by atoms with Crippen LogP contribution in [0.15, 0.2) is 30.5 Å². The van der Waals surface area contributed by atoms with Crippen LogP contribution in [-0.4, -0.2) is 10.9 Å². The number of anilines is 2. The number of hydrogen-bond donors (Lipinski definition) is 2. The van der Waals surface area contributed by atoms with Crippen molar-refractivity contribution in [2.45, 2.75) is 6.92 Å². The van der Waals surface area contributed by atoms with Crippen LogP contribution in [0, 0.1) is 12.7 Å². The number of aromatic nitrogens is 1. The summed E-state index contributed by atoms with van der Waals surface area (Å²) in [5.41, 5.74) is 6.69. The number of carbonyl (C=O) groups excluding carboxylic acids is 1. The third-order valence-electron chi connectivity index (χ3n) is 2.55. The van der Waals surface area contributed by atoms with Gasteiger partial charge in [-0.2, -0.15) is 0 Å². The van der Waals surface area contributed by atoms with E-state index in [1.54, 1.807) is 13.0 Å². The number of pyridine rings is 1. The summed E-state index contributed by atoms with van der Waals surface area (Å²) in [6.45, 7) is 1.62. The molecule has 2 rings (SSSR count). The van der Waals surface area contributed by atoms with Gasteiger partial charge in [0.25, 0.3) is 5.91 Å². The summed E-state index contributed by atoms with van der Waals surface area (Å²) >= 11 is 5.79. The van der Waals surface area contributed by atoms with Crippen LogP contribution >= 0.6 is 11.6 Å². The van der Waals surface area contributed by atoms with Gasteiger partial charge in [-0.1, -0.05) is 11.6 Å². The first-order valence-corrected chi connectivity index (χ1v) is 5.83. The first-order chi connectivity index (χ1) is 8.97. The number of nitrogens with one attached hydrogen (secondary N) is 1. The fourth-order valence-electron chi connectivity index (χ4n) is 1.50. The highest BCUT2D eigenvalue weighted by atomic mass is 35.5. The van der Waals surface area contributed by atoms with Crippen molar-refractivity contribution in [1.29, 1.82) is 0 Å². The fraction of sp³-hybridized carbons (Fsp3) is 0.0769. The second-order valence-electron chi connectivity index (χ2n) is 4.01. The minimum Gasteiger partial charge on any atom is -0.382 e. The number of nitrogens with two attached hydrogens (primary N) is 1. The molecule has 2 aromatic rings. The second kappa shape index (κ2) is 5.24. The third-order valence-corrected chi connectivity index (χ3v) is 2.85. The Morgan fingerprint density at radius 2 is 2.16 bits per heavy atom. The van der Waals surface area contributed by atoms with E-state index >= 15 is 0 Å². The lowest BCUT2D eigenvalue weighted by Crippen LogP contribution is -2.12. The Hall–Kier alpha value is -2.14. The van der Waals surface area contributed by atoms with Crippen molar-refractivity contribution >= 4 is 29.0 Å². The first kappa shape index (κ1) is 13.3. The van der Waals surface area contributed by atoms with E-state index in [0.717, 1.165) is 0 Å². The minimum atomic E-state index is -0.389. The van der Waals surface area contributed by atoms with Crippen LogP contribution in [0.25, 0.3) is 0 Å². The topological polar surface area (TPSA) is 68.0 Å². The number of aryl methyl sites for hydroxylation is 1. The van der Waals surface area contributed by atoms with Crippen LogP contribution in [0.2, 0.25) is 5.02 Å². The van der Waals surface area contributed by atoms with Crippen molar-refractivity contribution in [2.24, 2.45) is 0 Å². The predicted molar refractivity (Wildman–Crippen MR) is 72.7 cm³/mol. The predicted octanol–water partition coefficient (Wildman–Crippen LogP) is 3.02. The molecular weight excluding hydrogens is 269 g/mol. The quantitative estimate of drug-likeness (QED) is 0.888. The van der Waals surface area contributed by atoms with Crippen LogP contribution < -0.4 is 11.1 Å². The Balaban J connectivity index is 2.20. The highest BCUT2D eigenvalue weighted by Gasteiger charge is 2.09. The van der Waals surface area contributed by atoms with Gasteiger partial charge in [-0.15, -0.1) is 0 Å². The molecule has 3 N–H and O–H groups in total. The molecule has 0 atom stereocenters. The summed E-state index contributed by atoms with van der Waals surface area (Å²) in [7, 11) is 0. The molecule has 1 aromatic carbocycles. The van der Waals surface area contributed by atoms with Gasteiger partial charge in [0.05, 0.1) is 10.6 Å². The molecule has 0 unspecified atom stereocenters. The van der Waals surface area contributed by atoms with Gasteiger partial charge in [0.2, 0.25) is 0 Å². The molecule has 0 bridgehead atoms. The molecule has 1 amide bonds. The van der Waals surface area contributed by atoms with Crippen LogP contribution in [0.4, 0.5) is 15.9 Å².